The number of nitrogens with zero attached hydrogens (tertiary/aromatic N) is 3. The molecule has 0 saturated heterocycles. The number of anilines is 1. The van der Waals surface area contributed by atoms with Gasteiger partial charge in [0.25, 0.3) is 0 Å². The summed E-state index contributed by atoms with van der Waals surface area (Å²) in [4.78, 5) is 17.5. The van der Waals surface area contributed by atoms with Crippen LogP contribution in [0.2, 0.25) is 0 Å². The van der Waals surface area contributed by atoms with Crippen LogP contribution in [0.15, 0.2) is 71.0 Å². The summed E-state index contributed by atoms with van der Waals surface area (Å²) in [6.07, 6.45) is 0.743. The highest BCUT2D eigenvalue weighted by Gasteiger charge is 2.35. The molecule has 4 rings (SSSR count). The molecule has 160 valence electrons. The fourth-order valence-corrected chi connectivity index (χ4v) is 4.25. The molecule has 0 saturated carbocycles. The van der Waals surface area contributed by atoms with E-state index in [9.17, 15) is 9.18 Å². The fourth-order valence-electron chi connectivity index (χ4n) is 3.43. The first-order chi connectivity index (χ1) is 15.1. The quantitative estimate of drug-likeness (QED) is 0.416. The van der Waals surface area contributed by atoms with E-state index in [1.165, 1.54) is 17.8 Å². The van der Waals surface area contributed by atoms with E-state index in [1.807, 2.05) is 44.2 Å². The van der Waals surface area contributed by atoms with Crippen LogP contribution >= 0.6 is 11.8 Å². The summed E-state index contributed by atoms with van der Waals surface area (Å²) >= 11 is 1.35. The molecular weight excluding hydrogens is 415 g/mol. The number of rotatable bonds is 7. The average Bonchev–Trinajstić information content (AvgIpc) is 3.18. The zero-order valence-electron chi connectivity index (χ0n) is 17.3. The number of ether oxygens (including phenoxy) is 1. The highest BCUT2D eigenvalue weighted by atomic mass is 32.2. The molecular formula is C23H23FN4O2S. The lowest BCUT2D eigenvalue weighted by molar-refractivity contribution is -0.139. The van der Waals surface area contributed by atoms with Crippen molar-refractivity contribution >= 4 is 23.7 Å². The molecule has 3 aromatic rings. The number of fused-ring (bicyclic) bond motifs is 1. The summed E-state index contributed by atoms with van der Waals surface area (Å²) in [6, 6.07) is 15.9. The molecule has 0 amide bonds. The number of aromatic nitrogens is 3. The number of nitrogens with one attached hydrogen (secondary N) is 1. The Morgan fingerprint density at radius 1 is 1.19 bits per heavy atom. The zero-order valence-corrected chi connectivity index (χ0v) is 18.2. The highest BCUT2D eigenvalue weighted by Crippen LogP contribution is 2.37. The highest BCUT2D eigenvalue weighted by molar-refractivity contribution is 7.98. The van der Waals surface area contributed by atoms with E-state index >= 15 is 0 Å². The van der Waals surface area contributed by atoms with Crippen molar-refractivity contribution in [2.24, 2.45) is 0 Å². The van der Waals surface area contributed by atoms with Crippen molar-refractivity contribution in [1.29, 1.82) is 0 Å². The van der Waals surface area contributed by atoms with Gasteiger partial charge in [-0.1, -0.05) is 67.2 Å². The first-order valence-electron chi connectivity index (χ1n) is 10.1. The van der Waals surface area contributed by atoms with Crippen LogP contribution < -0.4 is 5.32 Å². The van der Waals surface area contributed by atoms with Gasteiger partial charge >= 0.3 is 5.97 Å². The first-order valence-corrected chi connectivity index (χ1v) is 11.1. The van der Waals surface area contributed by atoms with Gasteiger partial charge in [0.2, 0.25) is 11.1 Å². The molecule has 1 aliphatic heterocycles. The molecule has 2 aromatic carbocycles. The molecule has 8 heteroatoms. The minimum atomic E-state index is -0.461. The van der Waals surface area contributed by atoms with Crippen LogP contribution in [0.4, 0.5) is 10.3 Å². The van der Waals surface area contributed by atoms with Crippen LogP contribution in [0.1, 0.15) is 37.4 Å². The predicted octanol–water partition coefficient (Wildman–Crippen LogP) is 4.95. The molecule has 0 bridgehead atoms. The van der Waals surface area contributed by atoms with E-state index in [-0.39, 0.29) is 11.8 Å². The van der Waals surface area contributed by atoms with Gasteiger partial charge in [-0.15, -0.1) is 5.10 Å². The van der Waals surface area contributed by atoms with Crippen LogP contribution in [-0.4, -0.2) is 27.3 Å². The Morgan fingerprint density at radius 2 is 1.94 bits per heavy atom. The second kappa shape index (κ2) is 9.34. The normalized spacial score (nSPS) is 15.4. The Hall–Kier alpha value is -3.13. The van der Waals surface area contributed by atoms with Gasteiger partial charge in [0.15, 0.2) is 0 Å². The minimum absolute atomic E-state index is 0.252. The van der Waals surface area contributed by atoms with Crippen molar-refractivity contribution in [1.82, 2.24) is 14.8 Å². The molecule has 1 N–H and O–H groups in total. The number of halogens is 1. The van der Waals surface area contributed by atoms with Gasteiger partial charge in [0.1, 0.15) is 11.9 Å². The van der Waals surface area contributed by atoms with E-state index in [2.05, 4.69) is 15.4 Å². The van der Waals surface area contributed by atoms with Gasteiger partial charge in [-0.25, -0.2) is 13.9 Å². The molecule has 1 aromatic heterocycles. The van der Waals surface area contributed by atoms with Crippen LogP contribution in [0.3, 0.4) is 0 Å². The Kier molecular flexibility index (Phi) is 6.36. The molecule has 0 fully saturated rings. The van der Waals surface area contributed by atoms with Gasteiger partial charge in [0, 0.05) is 11.4 Å². The molecule has 0 aliphatic carbocycles. The van der Waals surface area contributed by atoms with E-state index in [4.69, 9.17) is 4.74 Å². The third-order valence-electron chi connectivity index (χ3n) is 4.92. The summed E-state index contributed by atoms with van der Waals surface area (Å²) in [7, 11) is 0. The first kappa shape index (κ1) is 21.1. The smallest absolute Gasteiger partial charge is 0.338 e. The molecule has 2 heterocycles. The minimum Gasteiger partial charge on any atom is -0.462 e. The SMILES string of the molecule is CCCOC(=O)C1=C(C)Nc2nc(SCc3ccccc3F)nn2C1c1ccccc1. The van der Waals surface area contributed by atoms with Crippen molar-refractivity contribution in [3.05, 3.63) is 82.8 Å². The summed E-state index contributed by atoms with van der Waals surface area (Å²) in [5, 5.41) is 8.32. The maximum atomic E-state index is 14.0. The Morgan fingerprint density at radius 3 is 2.68 bits per heavy atom. The van der Waals surface area contributed by atoms with Crippen LogP contribution in [0.25, 0.3) is 0 Å². The molecule has 1 atom stereocenters. The van der Waals surface area contributed by atoms with Crippen molar-refractivity contribution in [2.45, 2.75) is 37.2 Å². The number of allylic oxidation sites excluding steroid dienone is 1. The Labute approximate surface area is 184 Å². The Bertz CT molecular complexity index is 1110. The van der Waals surface area contributed by atoms with Gasteiger partial charge in [-0.3, -0.25) is 0 Å². The summed E-state index contributed by atoms with van der Waals surface area (Å²) < 4.78 is 21.1. The molecule has 6 nitrogen and oxygen atoms in total. The number of esters is 1. The number of hydrogen-bond acceptors (Lipinski definition) is 6. The summed E-state index contributed by atoms with van der Waals surface area (Å²) in [5.41, 5.74) is 2.68. The Balaban J connectivity index is 1.67. The van der Waals surface area contributed by atoms with Gasteiger partial charge in [-0.2, -0.15) is 4.98 Å². The topological polar surface area (TPSA) is 69.0 Å². The number of carbonyl (C=O) groups excluding carboxylic acids is 1. The van der Waals surface area contributed by atoms with E-state index in [0.717, 1.165) is 12.0 Å². The van der Waals surface area contributed by atoms with Crippen molar-refractivity contribution in [3.8, 4) is 0 Å². The molecule has 1 unspecified atom stereocenters. The number of hydrogen-bond donors (Lipinski definition) is 1. The predicted molar refractivity (Wildman–Crippen MR) is 118 cm³/mol. The van der Waals surface area contributed by atoms with Crippen LogP contribution in [0, 0.1) is 5.82 Å². The van der Waals surface area contributed by atoms with E-state index in [0.29, 0.717) is 40.3 Å². The van der Waals surface area contributed by atoms with Crippen molar-refractivity contribution in [2.75, 3.05) is 11.9 Å². The monoisotopic (exact) mass is 438 g/mol. The molecule has 0 radical (unpaired) electrons. The molecule has 0 spiro atoms. The lowest BCUT2D eigenvalue weighted by Crippen LogP contribution is -2.29. The zero-order chi connectivity index (χ0) is 21.8. The van der Waals surface area contributed by atoms with E-state index < -0.39 is 6.04 Å². The third-order valence-corrected chi connectivity index (χ3v) is 5.81. The lowest BCUT2D eigenvalue weighted by atomic mass is 9.96. The van der Waals surface area contributed by atoms with Crippen LogP contribution in [-0.2, 0) is 15.3 Å². The van der Waals surface area contributed by atoms with Crippen molar-refractivity contribution in [3.63, 3.8) is 0 Å². The average molecular weight is 439 g/mol. The maximum absolute atomic E-state index is 14.0. The number of thioether (sulfide) groups is 1. The molecule has 31 heavy (non-hydrogen) atoms. The van der Waals surface area contributed by atoms with Crippen molar-refractivity contribution < 1.29 is 13.9 Å². The van der Waals surface area contributed by atoms with Crippen LogP contribution in [0.5, 0.6) is 0 Å². The number of benzene rings is 2. The van der Waals surface area contributed by atoms with E-state index in [1.54, 1.807) is 22.9 Å². The van der Waals surface area contributed by atoms with Gasteiger partial charge in [-0.05, 0) is 30.5 Å². The summed E-state index contributed by atoms with van der Waals surface area (Å²) in [6.45, 7) is 4.14. The second-order valence-corrected chi connectivity index (χ2v) is 8.10. The second-order valence-electron chi connectivity index (χ2n) is 7.16. The summed E-state index contributed by atoms with van der Waals surface area (Å²) in [5.74, 6) is 0.318. The van der Waals surface area contributed by atoms with Gasteiger partial charge in [0.05, 0.1) is 12.2 Å². The van der Waals surface area contributed by atoms with Gasteiger partial charge < -0.3 is 10.1 Å². The fraction of sp³-hybridized carbons (Fsp3) is 0.261. The lowest BCUT2D eigenvalue weighted by Gasteiger charge is -2.28. The number of carbonyl (C=O) groups is 1. The maximum Gasteiger partial charge on any atom is 0.338 e. The third kappa shape index (κ3) is 4.49. The largest absolute Gasteiger partial charge is 0.462 e. The standard InChI is InChI=1S/C23H23FN4O2S/c1-3-13-30-21(29)19-15(2)25-22-26-23(31-14-17-11-7-8-12-18(17)24)27-28(22)20(19)16-9-5-4-6-10-16/h4-12,20H,3,13-14H2,1-2H3,(H,25,26,27). The molecule has 1 aliphatic rings.